The Bertz CT molecular complexity index is 322. The summed E-state index contributed by atoms with van der Waals surface area (Å²) in [5.41, 5.74) is 0. The molecule has 0 atom stereocenters. The van der Waals surface area contributed by atoms with Gasteiger partial charge in [0.1, 0.15) is 0 Å². The van der Waals surface area contributed by atoms with Crippen LogP contribution in [0.15, 0.2) is 0 Å². The van der Waals surface area contributed by atoms with Gasteiger partial charge in [-0.3, -0.25) is 9.69 Å². The van der Waals surface area contributed by atoms with Gasteiger partial charge < -0.3 is 15.0 Å². The molecule has 1 rings (SSSR count). The Kier molecular flexibility index (Phi) is 8.19. The molecule has 0 aromatic carbocycles. The zero-order valence-corrected chi connectivity index (χ0v) is 12.6. The van der Waals surface area contributed by atoms with Crippen molar-refractivity contribution in [2.75, 3.05) is 52.5 Å². The monoisotopic (exact) mass is 282 g/mol. The number of hydrogen-bond donors (Lipinski definition) is 1. The Balaban J connectivity index is 2.37. The summed E-state index contributed by atoms with van der Waals surface area (Å²) in [5, 5.41) is 11.8. The van der Waals surface area contributed by atoms with Gasteiger partial charge in [-0.1, -0.05) is 13.8 Å². The predicted octanol–water partition coefficient (Wildman–Crippen LogP) is 0.0589. The van der Waals surface area contributed by atoms with E-state index in [2.05, 4.69) is 16.3 Å². The summed E-state index contributed by atoms with van der Waals surface area (Å²) >= 11 is 0. The molecule has 0 spiro atoms. The summed E-state index contributed by atoms with van der Waals surface area (Å²) in [6.07, 6.45) is 0.385. The Morgan fingerprint density at radius 3 is 2.70 bits per heavy atom. The Morgan fingerprint density at radius 1 is 1.40 bits per heavy atom. The number of nitrogens with zero attached hydrogens (tertiary/aromatic N) is 3. The number of nitrogens with one attached hydrogen (secondary N) is 1. The van der Waals surface area contributed by atoms with Gasteiger partial charge >= 0.3 is 0 Å². The van der Waals surface area contributed by atoms with Crippen molar-refractivity contribution in [3.05, 3.63) is 0 Å². The van der Waals surface area contributed by atoms with Crippen LogP contribution in [0.25, 0.3) is 0 Å². The Morgan fingerprint density at radius 2 is 2.10 bits per heavy atom. The lowest BCUT2D eigenvalue weighted by molar-refractivity contribution is -0.130. The van der Waals surface area contributed by atoms with Crippen LogP contribution in [0.1, 0.15) is 20.3 Å². The number of amides is 1. The molecule has 1 heterocycles. The lowest BCUT2D eigenvalue weighted by atomic mass is 10.3. The van der Waals surface area contributed by atoms with Crippen LogP contribution >= 0.6 is 0 Å². The Labute approximate surface area is 121 Å². The van der Waals surface area contributed by atoms with E-state index in [1.165, 1.54) is 0 Å². The molecule has 0 aromatic heterocycles. The minimum absolute atomic E-state index is 0.0715. The van der Waals surface area contributed by atoms with Gasteiger partial charge in [-0.2, -0.15) is 5.26 Å². The molecule has 0 unspecified atom stereocenters. The van der Waals surface area contributed by atoms with E-state index in [0.29, 0.717) is 26.1 Å². The van der Waals surface area contributed by atoms with E-state index in [9.17, 15) is 4.79 Å². The first-order valence-corrected chi connectivity index (χ1v) is 7.31. The lowest BCUT2D eigenvalue weighted by Gasteiger charge is -2.30. The molecule has 20 heavy (non-hydrogen) atoms. The first-order valence-electron chi connectivity index (χ1n) is 7.31. The predicted molar refractivity (Wildman–Crippen MR) is 77.2 cm³/mol. The molecule has 1 amide bonds. The molecular weight excluding hydrogens is 256 g/mol. The van der Waals surface area contributed by atoms with Crippen molar-refractivity contribution in [2.45, 2.75) is 26.3 Å². The smallest absolute Gasteiger partial charge is 0.236 e. The van der Waals surface area contributed by atoms with Gasteiger partial charge in [0, 0.05) is 38.8 Å². The minimum Gasteiger partial charge on any atom is -0.379 e. The maximum atomic E-state index is 12.1. The molecule has 1 saturated heterocycles. The van der Waals surface area contributed by atoms with Crippen LogP contribution in [0.2, 0.25) is 0 Å². The fraction of sp³-hybridized carbons (Fsp3) is 0.857. The lowest BCUT2D eigenvalue weighted by Crippen LogP contribution is -2.46. The van der Waals surface area contributed by atoms with Crippen LogP contribution in [0.5, 0.6) is 0 Å². The fourth-order valence-corrected chi connectivity index (χ4v) is 2.04. The first kappa shape index (κ1) is 16.9. The average Bonchev–Trinajstić information content (AvgIpc) is 2.46. The highest BCUT2D eigenvalue weighted by molar-refractivity contribution is 5.78. The van der Waals surface area contributed by atoms with Crippen LogP contribution in [0.3, 0.4) is 0 Å². The quantitative estimate of drug-likeness (QED) is 0.682. The van der Waals surface area contributed by atoms with Crippen LogP contribution in [0, 0.1) is 11.3 Å². The normalized spacial score (nSPS) is 16.1. The number of carbonyl (C=O) groups is 1. The van der Waals surface area contributed by atoms with Crippen molar-refractivity contribution < 1.29 is 9.53 Å². The molecule has 0 aliphatic carbocycles. The van der Waals surface area contributed by atoms with E-state index < -0.39 is 0 Å². The van der Waals surface area contributed by atoms with Gasteiger partial charge in [0.05, 0.1) is 32.2 Å². The molecule has 1 aliphatic rings. The first-order chi connectivity index (χ1) is 9.63. The average molecular weight is 282 g/mol. The van der Waals surface area contributed by atoms with Crippen molar-refractivity contribution in [2.24, 2.45) is 0 Å². The van der Waals surface area contributed by atoms with Gasteiger partial charge in [0.2, 0.25) is 5.91 Å². The standard InChI is InChI=1S/C14H26N4O2/c1-13(2)16-12-14(19)18(5-3-4-15)7-6-17-8-10-20-11-9-17/h13,16H,3,5-12H2,1-2H3. The van der Waals surface area contributed by atoms with E-state index in [-0.39, 0.29) is 11.9 Å². The molecule has 0 bridgehead atoms. The largest absolute Gasteiger partial charge is 0.379 e. The van der Waals surface area contributed by atoms with E-state index in [1.807, 2.05) is 13.8 Å². The summed E-state index contributed by atoms with van der Waals surface area (Å²) in [5.74, 6) is 0.0715. The molecule has 6 nitrogen and oxygen atoms in total. The molecule has 0 radical (unpaired) electrons. The maximum Gasteiger partial charge on any atom is 0.236 e. The Hall–Kier alpha value is -1.16. The van der Waals surface area contributed by atoms with E-state index in [4.69, 9.17) is 10.00 Å². The molecule has 1 N–H and O–H groups in total. The molecule has 0 aromatic rings. The van der Waals surface area contributed by atoms with Crippen molar-refractivity contribution in [1.82, 2.24) is 15.1 Å². The van der Waals surface area contributed by atoms with Crippen LogP contribution < -0.4 is 5.32 Å². The van der Waals surface area contributed by atoms with Gasteiger partial charge in [0.25, 0.3) is 0 Å². The highest BCUT2D eigenvalue weighted by Gasteiger charge is 2.16. The summed E-state index contributed by atoms with van der Waals surface area (Å²) in [6, 6.07) is 2.40. The molecule has 0 saturated carbocycles. The maximum absolute atomic E-state index is 12.1. The third kappa shape index (κ3) is 6.85. The summed E-state index contributed by atoms with van der Waals surface area (Å²) in [7, 11) is 0. The molecule has 1 fully saturated rings. The second-order valence-corrected chi connectivity index (χ2v) is 5.28. The molecular formula is C14H26N4O2. The second kappa shape index (κ2) is 9.70. The third-order valence-electron chi connectivity index (χ3n) is 3.30. The van der Waals surface area contributed by atoms with Crippen LogP contribution in [-0.4, -0.2) is 74.2 Å². The van der Waals surface area contributed by atoms with E-state index >= 15 is 0 Å². The third-order valence-corrected chi connectivity index (χ3v) is 3.30. The molecule has 1 aliphatic heterocycles. The topological polar surface area (TPSA) is 68.6 Å². The number of rotatable bonds is 8. The summed E-state index contributed by atoms with van der Waals surface area (Å²) < 4.78 is 5.31. The fourth-order valence-electron chi connectivity index (χ4n) is 2.04. The van der Waals surface area contributed by atoms with E-state index in [1.54, 1.807) is 4.90 Å². The zero-order valence-electron chi connectivity index (χ0n) is 12.6. The van der Waals surface area contributed by atoms with Crippen LogP contribution in [0.4, 0.5) is 0 Å². The van der Waals surface area contributed by atoms with E-state index in [0.717, 1.165) is 32.8 Å². The van der Waals surface area contributed by atoms with Gasteiger partial charge in [-0.15, -0.1) is 0 Å². The zero-order chi connectivity index (χ0) is 14.8. The van der Waals surface area contributed by atoms with Gasteiger partial charge in [-0.05, 0) is 0 Å². The number of carbonyl (C=O) groups excluding carboxylic acids is 1. The highest BCUT2D eigenvalue weighted by atomic mass is 16.5. The van der Waals surface area contributed by atoms with Gasteiger partial charge in [0.15, 0.2) is 0 Å². The highest BCUT2D eigenvalue weighted by Crippen LogP contribution is 1.99. The minimum atomic E-state index is 0.0715. The van der Waals surface area contributed by atoms with Crippen molar-refractivity contribution >= 4 is 5.91 Å². The van der Waals surface area contributed by atoms with Crippen molar-refractivity contribution in [3.63, 3.8) is 0 Å². The SMILES string of the molecule is CC(C)NCC(=O)N(CCC#N)CCN1CCOCC1. The number of morpholine rings is 1. The molecule has 114 valence electrons. The van der Waals surface area contributed by atoms with Crippen molar-refractivity contribution in [3.8, 4) is 6.07 Å². The second-order valence-electron chi connectivity index (χ2n) is 5.28. The number of hydrogen-bond acceptors (Lipinski definition) is 5. The molecule has 6 heteroatoms. The van der Waals surface area contributed by atoms with Crippen LogP contribution in [-0.2, 0) is 9.53 Å². The summed E-state index contributed by atoms with van der Waals surface area (Å²) in [6.45, 7) is 9.78. The summed E-state index contributed by atoms with van der Waals surface area (Å²) in [4.78, 5) is 16.2. The van der Waals surface area contributed by atoms with Crippen molar-refractivity contribution in [1.29, 1.82) is 5.26 Å². The number of ether oxygens (including phenoxy) is 1. The van der Waals surface area contributed by atoms with Gasteiger partial charge in [-0.25, -0.2) is 0 Å². The number of nitriles is 1.